The molecule has 0 aliphatic rings. The summed E-state index contributed by atoms with van der Waals surface area (Å²) in [7, 11) is -1.83. The van der Waals surface area contributed by atoms with Gasteiger partial charge in [0.2, 0.25) is 7.37 Å². The molecule has 0 aromatic carbocycles. The van der Waals surface area contributed by atoms with Crippen molar-refractivity contribution < 1.29 is 19.0 Å². The Morgan fingerprint density at radius 1 is 1.67 bits per heavy atom. The zero-order valence-electron chi connectivity index (χ0n) is 7.61. The maximum absolute atomic E-state index is 11.2. The fourth-order valence-electron chi connectivity index (χ4n) is 0.833. The molecule has 0 saturated heterocycles. The number of rotatable bonds is 4. The van der Waals surface area contributed by atoms with Gasteiger partial charge in [-0.2, -0.15) is 0 Å². The number of ether oxygens (including phenoxy) is 1. The van der Waals surface area contributed by atoms with Crippen LogP contribution in [-0.4, -0.2) is 30.3 Å². The minimum Gasteiger partial charge on any atom is -0.469 e. The van der Waals surface area contributed by atoms with Crippen LogP contribution in [0.1, 0.15) is 13.8 Å². The summed E-state index contributed by atoms with van der Waals surface area (Å²) in [6.07, 6.45) is 0.213. The second kappa shape index (κ2) is 4.63. The Labute approximate surface area is 72.4 Å². The third kappa shape index (κ3) is 3.88. The standard InChI is InChI=1S/C7H15O4P/c1-4-12(9,10)5-6(2)7(8)11-3/h6H,4-5H2,1-3H3,(H,9,10). The number of hydrogen-bond acceptors (Lipinski definition) is 3. The lowest BCUT2D eigenvalue weighted by molar-refractivity contribution is -0.144. The first-order valence-corrected chi connectivity index (χ1v) is 5.84. The van der Waals surface area contributed by atoms with Crippen LogP contribution in [0.15, 0.2) is 0 Å². The molecule has 0 radical (unpaired) electrons. The van der Waals surface area contributed by atoms with Crippen molar-refractivity contribution >= 4 is 13.3 Å². The molecule has 72 valence electrons. The zero-order chi connectivity index (χ0) is 9.78. The Balaban J connectivity index is 4.09. The van der Waals surface area contributed by atoms with Gasteiger partial charge in [0.25, 0.3) is 0 Å². The highest BCUT2D eigenvalue weighted by molar-refractivity contribution is 7.58. The van der Waals surface area contributed by atoms with E-state index in [1.54, 1.807) is 13.8 Å². The summed E-state index contributed by atoms with van der Waals surface area (Å²) in [6.45, 7) is 3.22. The smallest absolute Gasteiger partial charge is 0.308 e. The maximum Gasteiger partial charge on any atom is 0.308 e. The predicted molar refractivity (Wildman–Crippen MR) is 46.4 cm³/mol. The highest BCUT2D eigenvalue weighted by Gasteiger charge is 2.24. The van der Waals surface area contributed by atoms with E-state index >= 15 is 0 Å². The second-order valence-corrected chi connectivity index (χ2v) is 5.46. The van der Waals surface area contributed by atoms with E-state index in [2.05, 4.69) is 4.74 Å². The van der Waals surface area contributed by atoms with Gasteiger partial charge in [0, 0.05) is 12.3 Å². The first kappa shape index (κ1) is 11.7. The minimum atomic E-state index is -3.10. The van der Waals surface area contributed by atoms with Gasteiger partial charge in [-0.05, 0) is 0 Å². The molecule has 4 nitrogen and oxygen atoms in total. The van der Waals surface area contributed by atoms with Crippen molar-refractivity contribution in [2.75, 3.05) is 19.4 Å². The van der Waals surface area contributed by atoms with Crippen molar-refractivity contribution in [3.05, 3.63) is 0 Å². The molecule has 1 N–H and O–H groups in total. The third-order valence-corrected chi connectivity index (χ3v) is 3.76. The summed E-state index contributed by atoms with van der Waals surface area (Å²) in [4.78, 5) is 20.0. The number of carbonyl (C=O) groups excluding carboxylic acids is 1. The van der Waals surface area contributed by atoms with Gasteiger partial charge in [-0.1, -0.05) is 13.8 Å². The molecule has 0 amide bonds. The van der Waals surface area contributed by atoms with E-state index < -0.39 is 19.3 Å². The third-order valence-electron chi connectivity index (χ3n) is 1.66. The van der Waals surface area contributed by atoms with Gasteiger partial charge in [-0.15, -0.1) is 0 Å². The summed E-state index contributed by atoms with van der Waals surface area (Å²) < 4.78 is 15.6. The van der Waals surface area contributed by atoms with E-state index in [1.807, 2.05) is 0 Å². The van der Waals surface area contributed by atoms with Crippen LogP contribution in [0.25, 0.3) is 0 Å². The van der Waals surface area contributed by atoms with Crippen molar-refractivity contribution in [1.82, 2.24) is 0 Å². The van der Waals surface area contributed by atoms with Gasteiger partial charge in [-0.3, -0.25) is 9.36 Å². The first-order valence-electron chi connectivity index (χ1n) is 3.81. The topological polar surface area (TPSA) is 63.6 Å². The average Bonchev–Trinajstić information content (AvgIpc) is 2.02. The molecular formula is C7H15O4P. The van der Waals surface area contributed by atoms with Crippen LogP contribution in [0.3, 0.4) is 0 Å². The SMILES string of the molecule is CCP(=O)(O)CC(C)C(=O)OC. The molecule has 12 heavy (non-hydrogen) atoms. The second-order valence-electron chi connectivity index (χ2n) is 2.77. The van der Waals surface area contributed by atoms with Crippen molar-refractivity contribution in [2.45, 2.75) is 13.8 Å². The Morgan fingerprint density at radius 2 is 2.17 bits per heavy atom. The van der Waals surface area contributed by atoms with Crippen LogP contribution in [-0.2, 0) is 14.1 Å². The molecule has 0 rings (SSSR count). The molecule has 0 fully saturated rings. The first-order chi connectivity index (χ1) is 5.43. The van der Waals surface area contributed by atoms with Crippen molar-refractivity contribution in [3.8, 4) is 0 Å². The Hall–Kier alpha value is -0.340. The Morgan fingerprint density at radius 3 is 2.50 bits per heavy atom. The molecule has 0 aromatic heterocycles. The molecule has 0 heterocycles. The Bertz CT molecular complexity index is 202. The number of methoxy groups -OCH3 is 1. The van der Waals surface area contributed by atoms with Crippen LogP contribution in [0.2, 0.25) is 0 Å². The van der Waals surface area contributed by atoms with Gasteiger partial charge in [0.15, 0.2) is 0 Å². The van der Waals surface area contributed by atoms with E-state index in [4.69, 9.17) is 0 Å². The molecule has 2 unspecified atom stereocenters. The molecule has 5 heteroatoms. The fourth-order valence-corrected chi connectivity index (χ4v) is 2.10. The summed E-state index contributed by atoms with van der Waals surface area (Å²) in [6, 6.07) is 0. The molecule has 0 aliphatic heterocycles. The van der Waals surface area contributed by atoms with Crippen molar-refractivity contribution in [1.29, 1.82) is 0 Å². The maximum atomic E-state index is 11.2. The van der Waals surface area contributed by atoms with E-state index in [9.17, 15) is 14.3 Å². The van der Waals surface area contributed by atoms with Gasteiger partial charge in [0.05, 0.1) is 13.0 Å². The van der Waals surface area contributed by atoms with E-state index in [0.717, 1.165) is 0 Å². The highest BCUT2D eigenvalue weighted by Crippen LogP contribution is 2.41. The summed E-state index contributed by atoms with van der Waals surface area (Å²) >= 11 is 0. The minimum absolute atomic E-state index is 0.0101. The van der Waals surface area contributed by atoms with E-state index in [0.29, 0.717) is 0 Å². The quantitative estimate of drug-likeness (QED) is 0.537. The molecule has 0 saturated carbocycles. The van der Waals surface area contributed by atoms with Crippen LogP contribution in [0, 0.1) is 5.92 Å². The number of hydrogen-bond donors (Lipinski definition) is 1. The molecule has 2 atom stereocenters. The molecule has 0 aromatic rings. The molecule has 0 aliphatic carbocycles. The van der Waals surface area contributed by atoms with E-state index in [-0.39, 0.29) is 12.3 Å². The van der Waals surface area contributed by atoms with Crippen molar-refractivity contribution in [3.63, 3.8) is 0 Å². The van der Waals surface area contributed by atoms with Gasteiger partial charge in [-0.25, -0.2) is 0 Å². The fraction of sp³-hybridized carbons (Fsp3) is 0.857. The summed E-state index contributed by atoms with van der Waals surface area (Å²) in [5, 5.41) is 0. The monoisotopic (exact) mass is 194 g/mol. The van der Waals surface area contributed by atoms with Gasteiger partial charge in [0.1, 0.15) is 0 Å². The number of carbonyl (C=O) groups is 1. The van der Waals surface area contributed by atoms with E-state index in [1.165, 1.54) is 7.11 Å². The van der Waals surface area contributed by atoms with Gasteiger partial charge >= 0.3 is 5.97 Å². The molecular weight excluding hydrogens is 179 g/mol. The largest absolute Gasteiger partial charge is 0.469 e. The van der Waals surface area contributed by atoms with Crippen LogP contribution < -0.4 is 0 Å². The number of esters is 1. The summed E-state index contributed by atoms with van der Waals surface area (Å²) in [5.41, 5.74) is 0. The normalized spacial score (nSPS) is 18.0. The van der Waals surface area contributed by atoms with Crippen LogP contribution in [0.5, 0.6) is 0 Å². The van der Waals surface area contributed by atoms with Crippen LogP contribution in [0.4, 0.5) is 0 Å². The lowest BCUT2D eigenvalue weighted by Gasteiger charge is -2.12. The summed E-state index contributed by atoms with van der Waals surface area (Å²) in [5.74, 6) is -0.927. The molecule has 0 bridgehead atoms. The zero-order valence-corrected chi connectivity index (χ0v) is 8.51. The highest BCUT2D eigenvalue weighted by atomic mass is 31.2. The van der Waals surface area contributed by atoms with Gasteiger partial charge < -0.3 is 9.63 Å². The lowest BCUT2D eigenvalue weighted by atomic mass is 10.2. The predicted octanol–water partition coefficient (Wildman–Crippen LogP) is 1.09. The van der Waals surface area contributed by atoms with Crippen molar-refractivity contribution in [2.24, 2.45) is 5.92 Å². The lowest BCUT2D eigenvalue weighted by Crippen LogP contribution is -2.17. The Kier molecular flexibility index (Phi) is 4.50. The average molecular weight is 194 g/mol. The van der Waals surface area contributed by atoms with Crippen LogP contribution >= 0.6 is 7.37 Å². The molecule has 0 spiro atoms.